The van der Waals surface area contributed by atoms with Crippen LogP contribution >= 0.6 is 11.3 Å². The van der Waals surface area contributed by atoms with Crippen molar-refractivity contribution in [1.82, 2.24) is 10.2 Å². The third kappa shape index (κ3) is 5.09. The summed E-state index contributed by atoms with van der Waals surface area (Å²) in [6, 6.07) is 7.40. The molecule has 0 fully saturated rings. The van der Waals surface area contributed by atoms with Gasteiger partial charge in [0.25, 0.3) is 0 Å². The maximum Gasteiger partial charge on any atom is 0.230 e. The minimum absolute atomic E-state index is 0.113. The van der Waals surface area contributed by atoms with Crippen LogP contribution in [-0.2, 0) is 22.4 Å². The van der Waals surface area contributed by atoms with Crippen molar-refractivity contribution in [3.63, 3.8) is 0 Å². The van der Waals surface area contributed by atoms with Crippen molar-refractivity contribution in [2.24, 2.45) is 0 Å². The number of carbonyl (C=O) groups is 1. The maximum absolute atomic E-state index is 12.0. The molecule has 0 aliphatic heterocycles. The molecule has 7 heteroatoms. The standard InChI is InChI=1S/C15H19N3O3S/c1-3-21-9-8-14-17-18-15(22-14)16-13(19)10-11-4-6-12(20-2)7-5-11/h4-7H,3,8-10H2,1-2H3,(H,16,18,19). The number of carbonyl (C=O) groups excluding carboxylic acids is 1. The average Bonchev–Trinajstić information content (AvgIpc) is 2.95. The van der Waals surface area contributed by atoms with Crippen LogP contribution in [0.4, 0.5) is 5.13 Å². The molecule has 2 rings (SSSR count). The van der Waals surface area contributed by atoms with Gasteiger partial charge in [0.05, 0.1) is 20.1 Å². The van der Waals surface area contributed by atoms with E-state index >= 15 is 0 Å². The summed E-state index contributed by atoms with van der Waals surface area (Å²) in [5.74, 6) is 0.657. The van der Waals surface area contributed by atoms with E-state index in [0.717, 1.165) is 16.3 Å². The predicted molar refractivity (Wildman–Crippen MR) is 85.4 cm³/mol. The molecule has 1 aromatic carbocycles. The summed E-state index contributed by atoms with van der Waals surface area (Å²) in [7, 11) is 1.61. The Kier molecular flexibility index (Phi) is 6.29. The van der Waals surface area contributed by atoms with E-state index in [1.807, 2.05) is 31.2 Å². The number of benzene rings is 1. The Bertz CT molecular complexity index is 598. The highest BCUT2D eigenvalue weighted by Gasteiger charge is 2.09. The van der Waals surface area contributed by atoms with Crippen LogP contribution in [0.2, 0.25) is 0 Å². The van der Waals surface area contributed by atoms with E-state index in [4.69, 9.17) is 9.47 Å². The molecule has 0 radical (unpaired) electrons. The maximum atomic E-state index is 12.0. The Morgan fingerprint density at radius 2 is 2.05 bits per heavy atom. The zero-order valence-electron chi connectivity index (χ0n) is 12.7. The smallest absolute Gasteiger partial charge is 0.230 e. The van der Waals surface area contributed by atoms with Gasteiger partial charge >= 0.3 is 0 Å². The van der Waals surface area contributed by atoms with Crippen LogP contribution < -0.4 is 10.1 Å². The van der Waals surface area contributed by atoms with E-state index in [-0.39, 0.29) is 12.3 Å². The van der Waals surface area contributed by atoms with Gasteiger partial charge in [0.15, 0.2) is 0 Å². The molecule has 1 aromatic heterocycles. The van der Waals surface area contributed by atoms with Crippen LogP contribution in [0.25, 0.3) is 0 Å². The molecule has 0 aliphatic carbocycles. The largest absolute Gasteiger partial charge is 0.497 e. The number of hydrogen-bond acceptors (Lipinski definition) is 6. The van der Waals surface area contributed by atoms with Crippen LogP contribution in [0.1, 0.15) is 17.5 Å². The summed E-state index contributed by atoms with van der Waals surface area (Å²) in [4.78, 5) is 12.0. The molecule has 1 amide bonds. The molecule has 0 saturated heterocycles. The van der Waals surface area contributed by atoms with E-state index in [9.17, 15) is 4.79 Å². The number of amides is 1. The topological polar surface area (TPSA) is 73.3 Å². The molecule has 0 spiro atoms. The van der Waals surface area contributed by atoms with Gasteiger partial charge in [-0.25, -0.2) is 0 Å². The van der Waals surface area contributed by atoms with Crippen molar-refractivity contribution >= 4 is 22.4 Å². The van der Waals surface area contributed by atoms with Crippen molar-refractivity contribution in [3.8, 4) is 5.75 Å². The van der Waals surface area contributed by atoms with Gasteiger partial charge in [-0.3, -0.25) is 4.79 Å². The van der Waals surface area contributed by atoms with Crippen molar-refractivity contribution < 1.29 is 14.3 Å². The Hall–Kier alpha value is -1.99. The Morgan fingerprint density at radius 3 is 2.73 bits per heavy atom. The average molecular weight is 321 g/mol. The van der Waals surface area contributed by atoms with Crippen molar-refractivity contribution in [2.75, 3.05) is 25.6 Å². The number of aromatic nitrogens is 2. The zero-order valence-corrected chi connectivity index (χ0v) is 13.5. The molecule has 0 unspecified atom stereocenters. The number of hydrogen-bond donors (Lipinski definition) is 1. The molecule has 1 N–H and O–H groups in total. The van der Waals surface area contributed by atoms with Crippen molar-refractivity contribution in [2.45, 2.75) is 19.8 Å². The number of nitrogens with zero attached hydrogens (tertiary/aromatic N) is 2. The Labute approximate surface area is 133 Å². The molecule has 0 aliphatic rings. The third-order valence-electron chi connectivity index (χ3n) is 2.90. The lowest BCUT2D eigenvalue weighted by Crippen LogP contribution is -2.14. The first-order valence-corrected chi connectivity index (χ1v) is 7.85. The zero-order chi connectivity index (χ0) is 15.8. The van der Waals surface area contributed by atoms with Gasteiger partial charge in [0.2, 0.25) is 11.0 Å². The monoisotopic (exact) mass is 321 g/mol. The summed E-state index contributed by atoms with van der Waals surface area (Å²) in [6.07, 6.45) is 0.998. The minimum atomic E-state index is -0.113. The lowest BCUT2D eigenvalue weighted by atomic mass is 10.1. The molecule has 118 valence electrons. The fourth-order valence-corrected chi connectivity index (χ4v) is 2.54. The van der Waals surface area contributed by atoms with Gasteiger partial charge in [-0.1, -0.05) is 23.5 Å². The first-order chi connectivity index (χ1) is 10.7. The molecule has 0 bridgehead atoms. The van der Waals surface area contributed by atoms with Gasteiger partial charge in [-0.15, -0.1) is 10.2 Å². The molecular weight excluding hydrogens is 302 g/mol. The summed E-state index contributed by atoms with van der Waals surface area (Å²) < 4.78 is 10.4. The van der Waals surface area contributed by atoms with Crippen molar-refractivity contribution in [3.05, 3.63) is 34.8 Å². The summed E-state index contributed by atoms with van der Waals surface area (Å²) in [6.45, 7) is 3.25. The minimum Gasteiger partial charge on any atom is -0.497 e. The second-order valence-electron chi connectivity index (χ2n) is 4.52. The van der Waals surface area contributed by atoms with Gasteiger partial charge in [0.1, 0.15) is 10.8 Å². The predicted octanol–water partition coefficient (Wildman–Crippen LogP) is 2.31. The van der Waals surface area contributed by atoms with E-state index in [1.165, 1.54) is 11.3 Å². The molecule has 1 heterocycles. The van der Waals surface area contributed by atoms with Crippen LogP contribution in [0, 0.1) is 0 Å². The number of anilines is 1. The number of ether oxygens (including phenoxy) is 2. The van der Waals surface area contributed by atoms with Gasteiger partial charge < -0.3 is 14.8 Å². The first kappa shape index (κ1) is 16.4. The van der Waals surface area contributed by atoms with Crippen LogP contribution in [0.3, 0.4) is 0 Å². The van der Waals surface area contributed by atoms with Crippen LogP contribution in [0.15, 0.2) is 24.3 Å². The quantitative estimate of drug-likeness (QED) is 0.755. The van der Waals surface area contributed by atoms with E-state index in [2.05, 4.69) is 15.5 Å². The third-order valence-corrected chi connectivity index (χ3v) is 3.80. The highest BCUT2D eigenvalue weighted by atomic mass is 32.1. The fraction of sp³-hybridized carbons (Fsp3) is 0.400. The first-order valence-electron chi connectivity index (χ1n) is 7.04. The molecule has 6 nitrogen and oxygen atoms in total. The molecule has 22 heavy (non-hydrogen) atoms. The Balaban J connectivity index is 1.83. The second kappa shape index (κ2) is 8.45. The lowest BCUT2D eigenvalue weighted by molar-refractivity contribution is -0.115. The fourth-order valence-electron chi connectivity index (χ4n) is 1.80. The van der Waals surface area contributed by atoms with E-state index in [1.54, 1.807) is 7.11 Å². The van der Waals surface area contributed by atoms with E-state index < -0.39 is 0 Å². The molecular formula is C15H19N3O3S. The summed E-state index contributed by atoms with van der Waals surface area (Å²) in [5, 5.41) is 12.1. The number of nitrogens with one attached hydrogen (secondary N) is 1. The van der Waals surface area contributed by atoms with Gasteiger partial charge in [-0.05, 0) is 24.6 Å². The van der Waals surface area contributed by atoms with Gasteiger partial charge in [-0.2, -0.15) is 0 Å². The molecule has 0 saturated carbocycles. The highest BCUT2D eigenvalue weighted by Crippen LogP contribution is 2.17. The SMILES string of the molecule is CCOCCc1nnc(NC(=O)Cc2ccc(OC)cc2)s1. The highest BCUT2D eigenvalue weighted by molar-refractivity contribution is 7.15. The molecule has 2 aromatic rings. The Morgan fingerprint density at radius 1 is 1.27 bits per heavy atom. The summed E-state index contributed by atoms with van der Waals surface area (Å²) >= 11 is 1.37. The van der Waals surface area contributed by atoms with Crippen molar-refractivity contribution in [1.29, 1.82) is 0 Å². The van der Waals surface area contributed by atoms with Gasteiger partial charge in [0, 0.05) is 13.0 Å². The van der Waals surface area contributed by atoms with Crippen LogP contribution in [-0.4, -0.2) is 36.4 Å². The normalized spacial score (nSPS) is 10.5. The molecule has 0 atom stereocenters. The second-order valence-corrected chi connectivity index (χ2v) is 5.58. The summed E-state index contributed by atoms with van der Waals surface area (Å²) in [5.41, 5.74) is 0.916. The lowest BCUT2D eigenvalue weighted by Gasteiger charge is -2.03. The van der Waals surface area contributed by atoms with Crippen LogP contribution in [0.5, 0.6) is 5.75 Å². The number of rotatable bonds is 8. The number of methoxy groups -OCH3 is 1. The van der Waals surface area contributed by atoms with E-state index in [0.29, 0.717) is 24.8 Å².